The van der Waals surface area contributed by atoms with Crippen LogP contribution in [0.1, 0.15) is 44.1 Å². The van der Waals surface area contributed by atoms with Crippen molar-refractivity contribution in [3.63, 3.8) is 0 Å². The smallest absolute Gasteiger partial charge is 0.327 e. The first-order valence-electron chi connectivity index (χ1n) is 9.16. The van der Waals surface area contributed by atoms with Gasteiger partial charge in [0.25, 0.3) is 0 Å². The lowest BCUT2D eigenvalue weighted by Gasteiger charge is -2.31. The Hall–Kier alpha value is -2.63. The van der Waals surface area contributed by atoms with Crippen LogP contribution in [-0.2, 0) is 20.8 Å². The number of carboxylic acid groups (broad SMARTS) is 1. The van der Waals surface area contributed by atoms with Gasteiger partial charge in [-0.2, -0.15) is 0 Å². The first-order valence-corrected chi connectivity index (χ1v) is 9.16. The molecule has 1 atom stereocenters. The van der Waals surface area contributed by atoms with Crippen molar-refractivity contribution in [1.82, 2.24) is 9.88 Å². The van der Waals surface area contributed by atoms with E-state index in [4.69, 9.17) is 0 Å². The molecule has 2 aliphatic rings. The Morgan fingerprint density at radius 2 is 1.92 bits per heavy atom. The van der Waals surface area contributed by atoms with Crippen LogP contribution in [-0.4, -0.2) is 38.8 Å². The second-order valence-corrected chi connectivity index (χ2v) is 7.50. The molecule has 1 unspecified atom stereocenters. The Morgan fingerprint density at radius 3 is 2.65 bits per heavy atom. The number of imide groups is 1. The monoisotopic (exact) mass is 354 g/mol. The Balaban J connectivity index is 1.65. The Bertz CT molecular complexity index is 879. The SMILES string of the molecule is O=C(O)C(Cc1c[nH]c2ccccc12)N1C(=O)CC2(CCCCC2)C1=O. The summed E-state index contributed by atoms with van der Waals surface area (Å²) in [7, 11) is 0. The summed E-state index contributed by atoms with van der Waals surface area (Å²) >= 11 is 0. The van der Waals surface area contributed by atoms with Crippen LogP contribution in [0, 0.1) is 5.41 Å². The average molecular weight is 354 g/mol. The number of nitrogens with one attached hydrogen (secondary N) is 1. The van der Waals surface area contributed by atoms with Gasteiger partial charge in [0.1, 0.15) is 6.04 Å². The van der Waals surface area contributed by atoms with E-state index in [1.54, 1.807) is 6.20 Å². The van der Waals surface area contributed by atoms with Gasteiger partial charge in [-0.1, -0.05) is 37.5 Å². The van der Waals surface area contributed by atoms with Crippen molar-refractivity contribution in [2.24, 2.45) is 5.41 Å². The van der Waals surface area contributed by atoms with E-state index < -0.39 is 17.4 Å². The highest BCUT2D eigenvalue weighted by Crippen LogP contribution is 2.46. The van der Waals surface area contributed by atoms with Crippen molar-refractivity contribution in [2.75, 3.05) is 0 Å². The summed E-state index contributed by atoms with van der Waals surface area (Å²) in [5, 5.41) is 10.7. The number of carbonyl (C=O) groups is 3. The Labute approximate surface area is 151 Å². The number of aromatic amines is 1. The summed E-state index contributed by atoms with van der Waals surface area (Å²) in [5.41, 5.74) is 1.05. The summed E-state index contributed by atoms with van der Waals surface area (Å²) in [5.74, 6) is -1.76. The molecule has 1 saturated carbocycles. The zero-order chi connectivity index (χ0) is 18.3. The molecule has 1 aromatic heterocycles. The molecule has 1 aliphatic heterocycles. The van der Waals surface area contributed by atoms with E-state index in [1.807, 2.05) is 24.3 Å². The number of H-pyrrole nitrogens is 1. The standard InChI is InChI=1S/C20H22N2O4/c23-17-11-20(8-4-1-5-9-20)19(26)22(17)16(18(24)25)10-13-12-21-15-7-3-2-6-14(13)15/h2-3,6-7,12,16,21H,1,4-5,8-11H2,(H,24,25). The Morgan fingerprint density at radius 1 is 1.19 bits per heavy atom. The zero-order valence-corrected chi connectivity index (χ0v) is 14.5. The molecule has 1 aliphatic carbocycles. The second-order valence-electron chi connectivity index (χ2n) is 7.50. The third-order valence-corrected chi connectivity index (χ3v) is 5.93. The molecule has 4 rings (SSSR count). The zero-order valence-electron chi connectivity index (χ0n) is 14.5. The van der Waals surface area contributed by atoms with Gasteiger partial charge in [0.05, 0.1) is 5.41 Å². The highest BCUT2D eigenvalue weighted by molar-refractivity contribution is 6.08. The summed E-state index contributed by atoms with van der Waals surface area (Å²) < 4.78 is 0. The van der Waals surface area contributed by atoms with Crippen molar-refractivity contribution in [2.45, 2.75) is 51.0 Å². The molecule has 2 aromatic rings. The molecule has 136 valence electrons. The number of carbonyl (C=O) groups excluding carboxylic acids is 2. The molecule has 1 aromatic carbocycles. The van der Waals surface area contributed by atoms with Crippen LogP contribution < -0.4 is 0 Å². The van der Waals surface area contributed by atoms with Crippen molar-refractivity contribution in [1.29, 1.82) is 0 Å². The largest absolute Gasteiger partial charge is 0.480 e. The number of hydrogen-bond acceptors (Lipinski definition) is 3. The number of carboxylic acids is 1. The Kier molecular flexibility index (Phi) is 4.05. The molecular weight excluding hydrogens is 332 g/mol. The van der Waals surface area contributed by atoms with Gasteiger partial charge in [0, 0.05) is 29.9 Å². The van der Waals surface area contributed by atoms with Gasteiger partial charge in [-0.25, -0.2) is 4.79 Å². The maximum absolute atomic E-state index is 13.1. The third kappa shape index (κ3) is 2.60. The highest BCUT2D eigenvalue weighted by atomic mass is 16.4. The molecule has 2 fully saturated rings. The molecule has 0 bridgehead atoms. The van der Waals surface area contributed by atoms with E-state index in [2.05, 4.69) is 4.98 Å². The third-order valence-electron chi connectivity index (χ3n) is 5.93. The van der Waals surface area contributed by atoms with Crippen molar-refractivity contribution >= 4 is 28.7 Å². The summed E-state index contributed by atoms with van der Waals surface area (Å²) in [6.07, 6.45) is 6.33. The number of nitrogens with zero attached hydrogens (tertiary/aromatic N) is 1. The number of likely N-dealkylation sites (tertiary alicyclic amines) is 1. The van der Waals surface area contributed by atoms with E-state index in [9.17, 15) is 19.5 Å². The minimum Gasteiger partial charge on any atom is -0.480 e. The van der Waals surface area contributed by atoms with Crippen molar-refractivity contribution in [3.05, 3.63) is 36.0 Å². The molecule has 6 heteroatoms. The number of aromatic nitrogens is 1. The van der Waals surface area contributed by atoms with Gasteiger partial charge in [-0.15, -0.1) is 0 Å². The highest BCUT2D eigenvalue weighted by Gasteiger charge is 2.54. The second kappa shape index (κ2) is 6.27. The minimum atomic E-state index is -1.16. The molecule has 0 radical (unpaired) electrons. The number of benzene rings is 1. The average Bonchev–Trinajstić information content (AvgIpc) is 3.13. The number of amides is 2. The van der Waals surface area contributed by atoms with Gasteiger partial charge >= 0.3 is 5.97 Å². The molecule has 2 N–H and O–H groups in total. The summed E-state index contributed by atoms with van der Waals surface area (Å²) in [6, 6.07) is 6.46. The molecular formula is C20H22N2O4. The first-order chi connectivity index (χ1) is 12.5. The van der Waals surface area contributed by atoms with Gasteiger partial charge in [-0.05, 0) is 24.5 Å². The van der Waals surface area contributed by atoms with E-state index >= 15 is 0 Å². The van der Waals surface area contributed by atoms with E-state index in [1.165, 1.54) is 0 Å². The molecule has 2 amide bonds. The number of fused-ring (bicyclic) bond motifs is 1. The van der Waals surface area contributed by atoms with Crippen LogP contribution in [0.25, 0.3) is 10.9 Å². The van der Waals surface area contributed by atoms with Crippen LogP contribution in [0.4, 0.5) is 0 Å². The van der Waals surface area contributed by atoms with Gasteiger partial charge in [0.2, 0.25) is 11.8 Å². The number of hydrogen-bond donors (Lipinski definition) is 2. The maximum atomic E-state index is 13.1. The topological polar surface area (TPSA) is 90.5 Å². The summed E-state index contributed by atoms with van der Waals surface area (Å²) in [4.78, 5) is 41.8. The maximum Gasteiger partial charge on any atom is 0.327 e. The predicted octanol–water partition coefficient (Wildman–Crippen LogP) is 2.87. The lowest BCUT2D eigenvalue weighted by molar-refractivity contribution is -0.156. The first kappa shape index (κ1) is 16.8. The summed E-state index contributed by atoms with van der Waals surface area (Å²) in [6.45, 7) is 0. The van der Waals surface area contributed by atoms with Gasteiger partial charge in [-0.3, -0.25) is 14.5 Å². The van der Waals surface area contributed by atoms with Crippen molar-refractivity contribution < 1.29 is 19.5 Å². The predicted molar refractivity (Wildman–Crippen MR) is 95.4 cm³/mol. The van der Waals surface area contributed by atoms with Gasteiger partial charge in [0.15, 0.2) is 0 Å². The molecule has 1 spiro atoms. The lowest BCUT2D eigenvalue weighted by Crippen LogP contribution is -2.48. The van der Waals surface area contributed by atoms with Crippen molar-refractivity contribution in [3.8, 4) is 0 Å². The quantitative estimate of drug-likeness (QED) is 0.826. The number of rotatable bonds is 4. The van der Waals surface area contributed by atoms with Crippen LogP contribution in [0.15, 0.2) is 30.5 Å². The molecule has 1 saturated heterocycles. The van der Waals surface area contributed by atoms with E-state index in [0.29, 0.717) is 12.8 Å². The minimum absolute atomic E-state index is 0.118. The number of aliphatic carboxylic acids is 1. The van der Waals surface area contributed by atoms with E-state index in [-0.39, 0.29) is 24.7 Å². The van der Waals surface area contributed by atoms with Crippen LogP contribution >= 0.6 is 0 Å². The number of para-hydroxylation sites is 1. The fraction of sp³-hybridized carbons (Fsp3) is 0.450. The fourth-order valence-corrected chi connectivity index (χ4v) is 4.55. The lowest BCUT2D eigenvalue weighted by atomic mass is 9.73. The van der Waals surface area contributed by atoms with Crippen LogP contribution in [0.2, 0.25) is 0 Å². The molecule has 2 heterocycles. The normalized spacial score (nSPS) is 20.8. The molecule has 26 heavy (non-hydrogen) atoms. The van der Waals surface area contributed by atoms with Crippen LogP contribution in [0.5, 0.6) is 0 Å². The van der Waals surface area contributed by atoms with Crippen LogP contribution in [0.3, 0.4) is 0 Å². The van der Waals surface area contributed by atoms with E-state index in [0.717, 1.165) is 40.6 Å². The van der Waals surface area contributed by atoms with Gasteiger partial charge < -0.3 is 10.1 Å². The molecule has 6 nitrogen and oxygen atoms in total. The fourth-order valence-electron chi connectivity index (χ4n) is 4.55.